The molecule has 132 valence electrons. The number of thioether (sulfide) groups is 1. The molecule has 1 rings (SSSR count). The quantitative estimate of drug-likeness (QED) is 0.616. The second-order valence-corrected chi connectivity index (χ2v) is 6.26. The lowest BCUT2D eigenvalue weighted by molar-refractivity contribution is -0.155. The van der Waals surface area contributed by atoms with Crippen LogP contribution in [0, 0.1) is 6.92 Å². The average molecular weight is 353 g/mol. The number of urea groups is 1. The van der Waals surface area contributed by atoms with Crippen LogP contribution in [0.1, 0.15) is 18.9 Å². The summed E-state index contributed by atoms with van der Waals surface area (Å²) in [5.41, 5.74) is 6.75. The fraction of sp³-hybridized carbons (Fsp3) is 0.438. The molecule has 0 saturated carbocycles. The summed E-state index contributed by atoms with van der Waals surface area (Å²) in [6.45, 7) is 3.41. The van der Waals surface area contributed by atoms with E-state index in [2.05, 4.69) is 10.6 Å². The Balaban J connectivity index is 2.60. The summed E-state index contributed by atoms with van der Waals surface area (Å²) in [5, 5.41) is 5.00. The van der Waals surface area contributed by atoms with E-state index >= 15 is 0 Å². The van der Waals surface area contributed by atoms with Gasteiger partial charge in [-0.1, -0.05) is 17.7 Å². The van der Waals surface area contributed by atoms with Gasteiger partial charge in [0.05, 0.1) is 0 Å². The molecule has 0 radical (unpaired) electrons. The van der Waals surface area contributed by atoms with Crippen molar-refractivity contribution in [2.24, 2.45) is 5.73 Å². The van der Waals surface area contributed by atoms with Gasteiger partial charge in [-0.15, -0.1) is 0 Å². The number of carbonyl (C=O) groups is 3. The third-order valence-electron chi connectivity index (χ3n) is 3.19. The fourth-order valence-corrected chi connectivity index (χ4v) is 2.32. The molecule has 24 heavy (non-hydrogen) atoms. The highest BCUT2D eigenvalue weighted by Crippen LogP contribution is 2.10. The van der Waals surface area contributed by atoms with E-state index in [9.17, 15) is 14.4 Å². The van der Waals surface area contributed by atoms with E-state index in [1.165, 1.54) is 18.7 Å². The fourth-order valence-electron chi connectivity index (χ4n) is 1.85. The molecule has 0 heterocycles. The van der Waals surface area contributed by atoms with Crippen LogP contribution in [0.4, 0.5) is 10.5 Å². The summed E-state index contributed by atoms with van der Waals surface area (Å²) >= 11 is 1.52. The van der Waals surface area contributed by atoms with Crippen molar-refractivity contribution < 1.29 is 19.1 Å². The van der Waals surface area contributed by atoms with E-state index in [0.29, 0.717) is 17.9 Å². The molecule has 8 heteroatoms. The minimum Gasteiger partial charge on any atom is -0.451 e. The lowest BCUT2D eigenvalue weighted by atomic mass is 10.2. The first-order valence-corrected chi connectivity index (χ1v) is 8.85. The lowest BCUT2D eigenvalue weighted by Gasteiger charge is -2.19. The number of anilines is 1. The van der Waals surface area contributed by atoms with Crippen molar-refractivity contribution in [1.29, 1.82) is 0 Å². The minimum atomic E-state index is -0.995. The number of hydrogen-bond acceptors (Lipinski definition) is 5. The molecule has 1 aromatic rings. The topological polar surface area (TPSA) is 111 Å². The molecule has 1 aromatic carbocycles. The lowest BCUT2D eigenvalue weighted by Crippen LogP contribution is -2.46. The molecular formula is C16H23N3O4S. The van der Waals surface area contributed by atoms with Crippen LogP contribution in [0.5, 0.6) is 0 Å². The summed E-state index contributed by atoms with van der Waals surface area (Å²) in [6.07, 6.45) is 1.25. The molecule has 0 aromatic heterocycles. The first kappa shape index (κ1) is 19.8. The van der Waals surface area contributed by atoms with Crippen LogP contribution in [0.25, 0.3) is 0 Å². The number of primary amides is 1. The van der Waals surface area contributed by atoms with Crippen LogP contribution in [-0.2, 0) is 14.3 Å². The normalized spacial score (nSPS) is 12.8. The number of carbonyl (C=O) groups excluding carboxylic acids is 3. The average Bonchev–Trinajstić information content (AvgIpc) is 2.53. The van der Waals surface area contributed by atoms with Crippen molar-refractivity contribution in [1.82, 2.24) is 5.32 Å². The number of hydrogen-bond donors (Lipinski definition) is 3. The van der Waals surface area contributed by atoms with Gasteiger partial charge in [0.15, 0.2) is 6.10 Å². The van der Waals surface area contributed by atoms with Gasteiger partial charge in [-0.05, 0) is 44.4 Å². The Kier molecular flexibility index (Phi) is 8.11. The largest absolute Gasteiger partial charge is 0.451 e. The molecule has 0 aliphatic rings. The SMILES string of the molecule is CSCC[C@H](NC(N)=O)C(=O)O[C@H](C)C(=O)Nc1ccc(C)cc1. The van der Waals surface area contributed by atoms with Crippen LogP contribution in [0.2, 0.25) is 0 Å². The van der Waals surface area contributed by atoms with Gasteiger partial charge in [-0.2, -0.15) is 11.8 Å². The molecule has 0 bridgehead atoms. The number of rotatable bonds is 8. The summed E-state index contributed by atoms with van der Waals surface area (Å²) in [4.78, 5) is 35.2. The highest BCUT2D eigenvalue weighted by atomic mass is 32.2. The Morgan fingerprint density at radius 3 is 2.42 bits per heavy atom. The van der Waals surface area contributed by atoms with E-state index in [1.807, 2.05) is 25.3 Å². The standard InChI is InChI=1S/C16H23N3O4S/c1-10-4-6-12(7-5-10)18-14(20)11(2)23-15(21)13(8-9-24-3)19-16(17)22/h4-7,11,13H,8-9H2,1-3H3,(H,18,20)(H3,17,19,22)/t11-,13+/m1/s1. The zero-order valence-corrected chi connectivity index (χ0v) is 14.8. The van der Waals surface area contributed by atoms with E-state index in [-0.39, 0.29) is 0 Å². The highest BCUT2D eigenvalue weighted by Gasteiger charge is 2.25. The molecule has 3 amide bonds. The van der Waals surface area contributed by atoms with Crippen molar-refractivity contribution in [3.8, 4) is 0 Å². The van der Waals surface area contributed by atoms with Crippen molar-refractivity contribution in [2.75, 3.05) is 17.3 Å². The second kappa shape index (κ2) is 9.82. The number of amides is 3. The summed E-state index contributed by atoms with van der Waals surface area (Å²) < 4.78 is 5.14. The first-order chi connectivity index (χ1) is 11.3. The monoisotopic (exact) mass is 353 g/mol. The number of nitrogens with one attached hydrogen (secondary N) is 2. The maximum Gasteiger partial charge on any atom is 0.329 e. The number of esters is 1. The van der Waals surface area contributed by atoms with E-state index in [1.54, 1.807) is 12.1 Å². The van der Waals surface area contributed by atoms with Crippen molar-refractivity contribution in [2.45, 2.75) is 32.4 Å². The Bertz CT molecular complexity index is 577. The first-order valence-electron chi connectivity index (χ1n) is 7.46. The Morgan fingerprint density at radius 2 is 1.88 bits per heavy atom. The molecule has 0 aliphatic carbocycles. The molecule has 0 unspecified atom stereocenters. The summed E-state index contributed by atoms with van der Waals surface area (Å²) in [5.74, 6) is -0.492. The Morgan fingerprint density at radius 1 is 1.25 bits per heavy atom. The van der Waals surface area contributed by atoms with E-state index < -0.39 is 30.1 Å². The predicted octanol–water partition coefficient (Wildman–Crippen LogP) is 1.66. The van der Waals surface area contributed by atoms with Gasteiger partial charge in [-0.3, -0.25) is 4.79 Å². The van der Waals surface area contributed by atoms with Crippen LogP contribution in [-0.4, -0.2) is 42.1 Å². The number of nitrogens with two attached hydrogens (primary N) is 1. The van der Waals surface area contributed by atoms with Crippen molar-refractivity contribution in [3.05, 3.63) is 29.8 Å². The smallest absolute Gasteiger partial charge is 0.329 e. The number of ether oxygens (including phenoxy) is 1. The molecular weight excluding hydrogens is 330 g/mol. The molecule has 0 spiro atoms. The maximum absolute atomic E-state index is 12.1. The minimum absolute atomic E-state index is 0.370. The van der Waals surface area contributed by atoms with Gasteiger partial charge in [0, 0.05) is 5.69 Å². The predicted molar refractivity (Wildman–Crippen MR) is 94.9 cm³/mol. The third kappa shape index (κ3) is 6.91. The van der Waals surface area contributed by atoms with Crippen molar-refractivity contribution in [3.63, 3.8) is 0 Å². The molecule has 7 nitrogen and oxygen atoms in total. The Labute approximate surface area is 145 Å². The second-order valence-electron chi connectivity index (χ2n) is 5.28. The van der Waals surface area contributed by atoms with Gasteiger partial charge in [0.2, 0.25) is 0 Å². The van der Waals surface area contributed by atoms with Crippen LogP contribution in [0.15, 0.2) is 24.3 Å². The zero-order valence-electron chi connectivity index (χ0n) is 14.0. The van der Waals surface area contributed by atoms with Crippen molar-refractivity contribution >= 4 is 35.4 Å². The number of benzene rings is 1. The molecule has 0 saturated heterocycles. The van der Waals surface area contributed by atoms with Gasteiger partial charge in [0.25, 0.3) is 5.91 Å². The van der Waals surface area contributed by atoms with Gasteiger partial charge in [-0.25, -0.2) is 9.59 Å². The van der Waals surface area contributed by atoms with Gasteiger partial charge in [0.1, 0.15) is 6.04 Å². The maximum atomic E-state index is 12.1. The highest BCUT2D eigenvalue weighted by molar-refractivity contribution is 7.98. The van der Waals surface area contributed by atoms with E-state index in [0.717, 1.165) is 5.56 Å². The van der Waals surface area contributed by atoms with Crippen LogP contribution in [0.3, 0.4) is 0 Å². The molecule has 2 atom stereocenters. The molecule has 4 N–H and O–H groups in total. The zero-order chi connectivity index (χ0) is 18.1. The van der Waals surface area contributed by atoms with E-state index in [4.69, 9.17) is 10.5 Å². The third-order valence-corrected chi connectivity index (χ3v) is 3.84. The molecule has 0 fully saturated rings. The number of aryl methyl sites for hydroxylation is 1. The van der Waals surface area contributed by atoms with Crippen LogP contribution < -0.4 is 16.4 Å². The Hall–Kier alpha value is -2.22. The van der Waals surface area contributed by atoms with Gasteiger partial charge < -0.3 is 21.1 Å². The van der Waals surface area contributed by atoms with Gasteiger partial charge >= 0.3 is 12.0 Å². The molecule has 0 aliphatic heterocycles. The summed E-state index contributed by atoms with van der Waals surface area (Å²) in [6, 6.07) is 5.57. The summed E-state index contributed by atoms with van der Waals surface area (Å²) in [7, 11) is 0. The van der Waals surface area contributed by atoms with Crippen LogP contribution >= 0.6 is 11.8 Å².